The Balaban J connectivity index is 1.50. The van der Waals surface area contributed by atoms with Gasteiger partial charge in [-0.2, -0.15) is 0 Å². The van der Waals surface area contributed by atoms with E-state index in [4.69, 9.17) is 0 Å². The van der Waals surface area contributed by atoms with Crippen molar-refractivity contribution in [2.45, 2.75) is 40.3 Å². The third kappa shape index (κ3) is 3.00. The minimum atomic E-state index is 0.0598. The molecular weight excluding hydrogens is 336 g/mol. The summed E-state index contributed by atoms with van der Waals surface area (Å²) in [6, 6.07) is 0. The van der Waals surface area contributed by atoms with Gasteiger partial charge in [0.15, 0.2) is 0 Å². The highest BCUT2D eigenvalue weighted by atomic mass is 32.1. The Morgan fingerprint density at radius 1 is 1.12 bits per heavy atom. The zero-order chi connectivity index (χ0) is 17.7. The van der Waals surface area contributed by atoms with Crippen molar-refractivity contribution in [3.05, 3.63) is 27.2 Å². The maximum absolute atomic E-state index is 12.8. The minimum absolute atomic E-state index is 0.0598. The molecule has 25 heavy (non-hydrogen) atoms. The SMILES string of the molecule is Cc1nc2sn(CN3CCN(C(=O)C4CC4)CC3)c(=O)c2c(C)c1C. The summed E-state index contributed by atoms with van der Waals surface area (Å²) in [4.78, 5) is 34.6. The number of fused-ring (bicyclic) bond motifs is 1. The molecule has 0 spiro atoms. The normalized spacial score (nSPS) is 18.9. The fourth-order valence-electron chi connectivity index (χ4n) is 3.47. The van der Waals surface area contributed by atoms with E-state index in [1.165, 1.54) is 11.5 Å². The van der Waals surface area contributed by atoms with Gasteiger partial charge in [-0.25, -0.2) is 8.94 Å². The average Bonchev–Trinajstić information content (AvgIpc) is 3.40. The smallest absolute Gasteiger partial charge is 0.271 e. The number of carbonyl (C=O) groups excluding carboxylic acids is 1. The standard InChI is InChI=1S/C18H24N4O2S/c1-11-12(2)15-16(19-13(11)3)25-22(18(15)24)10-20-6-8-21(9-7-20)17(23)14-4-5-14/h14H,4-10H2,1-3H3. The fraction of sp³-hybridized carbons (Fsp3) is 0.611. The van der Waals surface area contributed by atoms with Crippen LogP contribution in [0.25, 0.3) is 10.2 Å². The van der Waals surface area contributed by atoms with Crippen molar-refractivity contribution in [1.29, 1.82) is 0 Å². The molecule has 134 valence electrons. The number of amides is 1. The van der Waals surface area contributed by atoms with E-state index in [1.54, 1.807) is 0 Å². The van der Waals surface area contributed by atoms with Gasteiger partial charge in [0.05, 0.1) is 12.1 Å². The van der Waals surface area contributed by atoms with E-state index < -0.39 is 0 Å². The summed E-state index contributed by atoms with van der Waals surface area (Å²) in [7, 11) is 0. The van der Waals surface area contributed by atoms with E-state index in [1.807, 2.05) is 29.6 Å². The molecule has 7 heteroatoms. The molecule has 1 aliphatic carbocycles. The van der Waals surface area contributed by atoms with Crippen molar-refractivity contribution in [1.82, 2.24) is 18.7 Å². The number of pyridine rings is 1. The largest absolute Gasteiger partial charge is 0.340 e. The molecule has 1 amide bonds. The number of aromatic nitrogens is 2. The first-order valence-corrected chi connectivity index (χ1v) is 9.72. The summed E-state index contributed by atoms with van der Waals surface area (Å²) < 4.78 is 1.81. The molecule has 0 unspecified atom stereocenters. The summed E-state index contributed by atoms with van der Waals surface area (Å²) in [5.41, 5.74) is 3.19. The third-order valence-electron chi connectivity index (χ3n) is 5.54. The first kappa shape index (κ1) is 16.7. The van der Waals surface area contributed by atoms with E-state index in [0.717, 1.165) is 66.1 Å². The van der Waals surface area contributed by atoms with Crippen molar-refractivity contribution in [3.63, 3.8) is 0 Å². The van der Waals surface area contributed by atoms with Crippen molar-refractivity contribution in [2.24, 2.45) is 5.92 Å². The maximum atomic E-state index is 12.8. The summed E-state index contributed by atoms with van der Waals surface area (Å²) >= 11 is 1.45. The number of piperazine rings is 1. The van der Waals surface area contributed by atoms with Crippen molar-refractivity contribution >= 4 is 27.7 Å². The van der Waals surface area contributed by atoms with Gasteiger partial charge in [0.2, 0.25) is 5.91 Å². The van der Waals surface area contributed by atoms with Crippen LogP contribution < -0.4 is 5.56 Å². The summed E-state index contributed by atoms with van der Waals surface area (Å²) in [6.07, 6.45) is 2.11. The first-order valence-electron chi connectivity index (χ1n) is 8.94. The molecule has 2 aromatic rings. The minimum Gasteiger partial charge on any atom is -0.340 e. The molecule has 0 N–H and O–H groups in total. The van der Waals surface area contributed by atoms with E-state index in [9.17, 15) is 9.59 Å². The lowest BCUT2D eigenvalue weighted by molar-refractivity contribution is -0.134. The van der Waals surface area contributed by atoms with Gasteiger partial charge in [0.1, 0.15) is 4.83 Å². The summed E-state index contributed by atoms with van der Waals surface area (Å²) in [5, 5.41) is 0.760. The lowest BCUT2D eigenvalue weighted by Crippen LogP contribution is -2.49. The van der Waals surface area contributed by atoms with E-state index in [-0.39, 0.29) is 11.5 Å². The quantitative estimate of drug-likeness (QED) is 0.839. The van der Waals surface area contributed by atoms with Gasteiger partial charge in [-0.1, -0.05) is 0 Å². The van der Waals surface area contributed by atoms with E-state index in [2.05, 4.69) is 9.88 Å². The van der Waals surface area contributed by atoms with Crippen LogP contribution in [0.5, 0.6) is 0 Å². The maximum Gasteiger partial charge on any atom is 0.271 e. The topological polar surface area (TPSA) is 58.4 Å². The first-order chi connectivity index (χ1) is 12.0. The number of carbonyl (C=O) groups is 1. The number of nitrogens with zero attached hydrogens (tertiary/aromatic N) is 4. The average molecular weight is 360 g/mol. The Morgan fingerprint density at radius 2 is 1.80 bits per heavy atom. The fourth-order valence-corrected chi connectivity index (χ4v) is 4.59. The molecular formula is C18H24N4O2S. The Labute approximate surface area is 151 Å². The lowest BCUT2D eigenvalue weighted by atomic mass is 10.1. The van der Waals surface area contributed by atoms with Crippen molar-refractivity contribution in [3.8, 4) is 0 Å². The van der Waals surface area contributed by atoms with Crippen LogP contribution in [-0.2, 0) is 11.5 Å². The number of aryl methyl sites for hydroxylation is 2. The van der Waals surface area contributed by atoms with Crippen LogP contribution in [0.15, 0.2) is 4.79 Å². The van der Waals surface area contributed by atoms with Crippen LogP contribution in [0.4, 0.5) is 0 Å². The highest BCUT2D eigenvalue weighted by Gasteiger charge is 2.34. The molecule has 1 aliphatic heterocycles. The van der Waals surface area contributed by atoms with Gasteiger partial charge < -0.3 is 4.90 Å². The molecule has 0 aromatic carbocycles. The van der Waals surface area contributed by atoms with Crippen LogP contribution in [0.2, 0.25) is 0 Å². The number of hydrogen-bond acceptors (Lipinski definition) is 5. The molecule has 3 heterocycles. The molecule has 2 aromatic heterocycles. The van der Waals surface area contributed by atoms with Gasteiger partial charge in [-0.3, -0.25) is 14.5 Å². The number of hydrogen-bond donors (Lipinski definition) is 0. The number of rotatable bonds is 3. The molecule has 2 aliphatic rings. The predicted octanol–water partition coefficient (Wildman–Crippen LogP) is 1.89. The second kappa shape index (κ2) is 6.21. The van der Waals surface area contributed by atoms with E-state index in [0.29, 0.717) is 12.6 Å². The van der Waals surface area contributed by atoms with Crippen LogP contribution in [0.3, 0.4) is 0 Å². The summed E-state index contributed by atoms with van der Waals surface area (Å²) in [5.74, 6) is 0.613. The second-order valence-electron chi connectivity index (χ2n) is 7.26. The predicted molar refractivity (Wildman–Crippen MR) is 99.0 cm³/mol. The molecule has 0 bridgehead atoms. The van der Waals surface area contributed by atoms with Gasteiger partial charge in [-0.15, -0.1) is 0 Å². The van der Waals surface area contributed by atoms with Gasteiger partial charge >= 0.3 is 0 Å². The highest BCUT2D eigenvalue weighted by Crippen LogP contribution is 2.31. The Morgan fingerprint density at radius 3 is 2.44 bits per heavy atom. The van der Waals surface area contributed by atoms with Crippen LogP contribution in [0.1, 0.15) is 29.7 Å². The molecule has 1 saturated carbocycles. The van der Waals surface area contributed by atoms with Gasteiger partial charge in [-0.05, 0) is 56.3 Å². The molecule has 0 radical (unpaired) electrons. The Kier molecular flexibility index (Phi) is 4.16. The molecule has 2 fully saturated rings. The highest BCUT2D eigenvalue weighted by molar-refractivity contribution is 7.13. The zero-order valence-electron chi connectivity index (χ0n) is 15.0. The van der Waals surface area contributed by atoms with E-state index >= 15 is 0 Å². The molecule has 4 rings (SSSR count). The zero-order valence-corrected chi connectivity index (χ0v) is 15.9. The lowest BCUT2D eigenvalue weighted by Gasteiger charge is -2.34. The van der Waals surface area contributed by atoms with Gasteiger partial charge in [0.25, 0.3) is 5.56 Å². The monoisotopic (exact) mass is 360 g/mol. The Bertz CT molecular complexity index is 889. The van der Waals surface area contributed by atoms with Crippen molar-refractivity contribution in [2.75, 3.05) is 26.2 Å². The Hall–Kier alpha value is -1.73. The van der Waals surface area contributed by atoms with Crippen molar-refractivity contribution < 1.29 is 4.79 Å². The van der Waals surface area contributed by atoms with Crippen LogP contribution >= 0.6 is 11.5 Å². The molecule has 0 atom stereocenters. The van der Waals surface area contributed by atoms with Crippen LogP contribution in [0, 0.1) is 26.7 Å². The second-order valence-corrected chi connectivity index (χ2v) is 8.27. The molecule has 6 nitrogen and oxygen atoms in total. The summed E-state index contributed by atoms with van der Waals surface area (Å²) in [6.45, 7) is 9.79. The van der Waals surface area contributed by atoms with Gasteiger partial charge in [0, 0.05) is 37.8 Å². The third-order valence-corrected chi connectivity index (χ3v) is 6.51. The molecule has 1 saturated heterocycles. The van der Waals surface area contributed by atoms with Crippen LogP contribution in [-0.4, -0.2) is 50.8 Å².